The van der Waals surface area contributed by atoms with Gasteiger partial charge in [-0.05, 0) is 56.6 Å². The second-order valence-corrected chi connectivity index (χ2v) is 10.4. The fraction of sp³-hybridized carbons (Fsp3) is 0.708. The summed E-state index contributed by atoms with van der Waals surface area (Å²) < 4.78 is 21.9. The summed E-state index contributed by atoms with van der Waals surface area (Å²) in [7, 11) is 0. The van der Waals surface area contributed by atoms with Crippen molar-refractivity contribution < 1.29 is 33.7 Å². The molecule has 4 rings (SSSR count). The largest absolute Gasteiger partial charge is 0.458 e. The van der Waals surface area contributed by atoms with Crippen LogP contribution in [0.3, 0.4) is 0 Å². The molecule has 0 aromatic heterocycles. The van der Waals surface area contributed by atoms with E-state index in [1.54, 1.807) is 26.8 Å². The molecule has 170 valence electrons. The first-order valence-corrected chi connectivity index (χ1v) is 11.0. The van der Waals surface area contributed by atoms with Gasteiger partial charge in [0.05, 0.1) is 6.10 Å². The summed E-state index contributed by atoms with van der Waals surface area (Å²) in [6.07, 6.45) is 4.29. The number of aliphatic hydroxyl groups excluding tert-OH is 1. The number of alkyl halides is 1. The Morgan fingerprint density at radius 1 is 1.29 bits per heavy atom. The second kappa shape index (κ2) is 6.82. The van der Waals surface area contributed by atoms with Gasteiger partial charge in [0.15, 0.2) is 18.1 Å². The molecule has 0 bridgehead atoms. The Morgan fingerprint density at radius 2 is 1.97 bits per heavy atom. The molecule has 0 amide bonds. The van der Waals surface area contributed by atoms with Crippen molar-refractivity contribution in [1.82, 2.24) is 0 Å². The smallest absolute Gasteiger partial charge is 0.303 e. The zero-order chi connectivity index (χ0) is 23.0. The van der Waals surface area contributed by atoms with E-state index in [2.05, 4.69) is 0 Å². The van der Waals surface area contributed by atoms with E-state index in [4.69, 9.17) is 4.74 Å². The van der Waals surface area contributed by atoms with Crippen molar-refractivity contribution in [1.29, 1.82) is 0 Å². The van der Waals surface area contributed by atoms with Gasteiger partial charge in [0, 0.05) is 23.7 Å². The summed E-state index contributed by atoms with van der Waals surface area (Å²) in [6, 6.07) is 0. The van der Waals surface area contributed by atoms with E-state index in [-0.39, 0.29) is 18.1 Å². The van der Waals surface area contributed by atoms with Gasteiger partial charge < -0.3 is 14.9 Å². The lowest BCUT2D eigenvalue weighted by atomic mass is 9.44. The van der Waals surface area contributed by atoms with Crippen molar-refractivity contribution in [3.8, 4) is 0 Å². The van der Waals surface area contributed by atoms with Crippen LogP contribution in [0.25, 0.3) is 0 Å². The molecule has 0 saturated heterocycles. The molecule has 0 spiro atoms. The molecule has 2 N–H and O–H groups in total. The first-order chi connectivity index (χ1) is 14.3. The van der Waals surface area contributed by atoms with Gasteiger partial charge >= 0.3 is 5.97 Å². The van der Waals surface area contributed by atoms with Crippen molar-refractivity contribution in [2.75, 3.05) is 6.61 Å². The number of ether oxygens (including phenoxy) is 1. The topological polar surface area (TPSA) is 101 Å². The number of hydrogen-bond donors (Lipinski definition) is 2. The van der Waals surface area contributed by atoms with Crippen LogP contribution in [0.5, 0.6) is 0 Å². The maximum Gasteiger partial charge on any atom is 0.303 e. The van der Waals surface area contributed by atoms with E-state index in [0.717, 1.165) is 0 Å². The van der Waals surface area contributed by atoms with Crippen molar-refractivity contribution in [2.45, 2.75) is 70.8 Å². The second-order valence-electron chi connectivity index (χ2n) is 10.4. The molecule has 3 saturated carbocycles. The van der Waals surface area contributed by atoms with E-state index in [1.807, 2.05) is 0 Å². The number of hydrogen-bond acceptors (Lipinski definition) is 6. The number of Topliss-reactive ketones (excluding diaryl/α,β-unsaturated/α-hetero) is 1. The van der Waals surface area contributed by atoms with Crippen molar-refractivity contribution >= 4 is 17.5 Å². The Kier molecular flexibility index (Phi) is 4.91. The van der Waals surface area contributed by atoms with Crippen LogP contribution in [0.4, 0.5) is 4.39 Å². The van der Waals surface area contributed by atoms with Gasteiger partial charge in [-0.25, -0.2) is 4.39 Å². The third kappa shape index (κ3) is 2.65. The Labute approximate surface area is 181 Å². The number of rotatable bonds is 3. The van der Waals surface area contributed by atoms with Crippen LogP contribution in [0.2, 0.25) is 0 Å². The fourth-order valence-electron chi connectivity index (χ4n) is 7.42. The highest BCUT2D eigenvalue weighted by Gasteiger charge is 2.75. The molecule has 6 nitrogen and oxygen atoms in total. The summed E-state index contributed by atoms with van der Waals surface area (Å²) in [5.41, 5.74) is -5.33. The number of carbonyl (C=O) groups excluding carboxylic acids is 3. The van der Waals surface area contributed by atoms with Crippen molar-refractivity contribution in [2.24, 2.45) is 28.6 Å². The van der Waals surface area contributed by atoms with E-state index in [9.17, 15) is 24.6 Å². The van der Waals surface area contributed by atoms with E-state index in [0.29, 0.717) is 24.8 Å². The first-order valence-electron chi connectivity index (χ1n) is 11.0. The zero-order valence-corrected chi connectivity index (χ0v) is 18.5. The third-order valence-electron chi connectivity index (χ3n) is 9.05. The van der Waals surface area contributed by atoms with Gasteiger partial charge in [-0.15, -0.1) is 0 Å². The minimum Gasteiger partial charge on any atom is -0.458 e. The maximum atomic E-state index is 17.0. The molecule has 0 heterocycles. The fourth-order valence-corrected chi connectivity index (χ4v) is 7.42. The molecule has 0 aromatic rings. The summed E-state index contributed by atoms with van der Waals surface area (Å²) in [5.74, 6) is -2.80. The molecule has 0 radical (unpaired) electrons. The van der Waals surface area contributed by atoms with Gasteiger partial charge in [0.25, 0.3) is 0 Å². The average Bonchev–Trinajstić information content (AvgIpc) is 2.89. The Hall–Kier alpha value is -1.86. The van der Waals surface area contributed by atoms with Crippen LogP contribution >= 0.6 is 0 Å². The summed E-state index contributed by atoms with van der Waals surface area (Å²) >= 11 is 0. The standard InChI is InChI=1S/C24H31FO6/c1-13-9-18-17-6-5-15-10-16(27)7-8-21(15,3)23(17,25)19(28)11-22(18,4)24(13,30)20(29)12-31-14(2)26/h7-8,10,13,17-19,28,30H,5-6,9,11-12H2,1-4H3/t13-,17-,18-,19+,21-,22-,23-,24-/m0/s1. The normalized spacial score (nSPS) is 48.4. The van der Waals surface area contributed by atoms with Gasteiger partial charge in [-0.2, -0.15) is 0 Å². The van der Waals surface area contributed by atoms with Crippen LogP contribution in [-0.4, -0.2) is 51.7 Å². The molecule has 31 heavy (non-hydrogen) atoms. The lowest BCUT2D eigenvalue weighted by molar-refractivity contribution is -0.219. The number of carbonyl (C=O) groups is 3. The molecule has 4 aliphatic carbocycles. The molecule has 3 fully saturated rings. The molecule has 8 atom stereocenters. The predicted octanol–water partition coefficient (Wildman–Crippen LogP) is 2.47. The lowest BCUT2D eigenvalue weighted by Crippen LogP contribution is -2.69. The minimum absolute atomic E-state index is 0.0953. The highest BCUT2D eigenvalue weighted by molar-refractivity contribution is 6.01. The average molecular weight is 435 g/mol. The van der Waals surface area contributed by atoms with Crippen LogP contribution in [0.15, 0.2) is 23.8 Å². The highest BCUT2D eigenvalue weighted by Crippen LogP contribution is 2.70. The molecular weight excluding hydrogens is 403 g/mol. The molecule has 0 unspecified atom stereocenters. The van der Waals surface area contributed by atoms with E-state index in [1.165, 1.54) is 19.1 Å². The summed E-state index contributed by atoms with van der Waals surface area (Å²) in [5, 5.41) is 22.9. The first kappa shape index (κ1) is 22.3. The minimum atomic E-state index is -2.01. The van der Waals surface area contributed by atoms with Crippen LogP contribution in [0.1, 0.15) is 53.4 Å². The summed E-state index contributed by atoms with van der Waals surface area (Å²) in [6.45, 7) is 5.89. The zero-order valence-electron chi connectivity index (χ0n) is 18.5. The molecule has 0 aromatic carbocycles. The number of aliphatic hydroxyl groups is 2. The maximum absolute atomic E-state index is 17.0. The molecule has 4 aliphatic rings. The summed E-state index contributed by atoms with van der Waals surface area (Å²) in [4.78, 5) is 36.2. The van der Waals surface area contributed by atoms with Crippen molar-refractivity contribution in [3.63, 3.8) is 0 Å². The number of allylic oxidation sites excluding steroid dienone is 4. The number of esters is 1. The van der Waals surface area contributed by atoms with Crippen LogP contribution in [0, 0.1) is 28.6 Å². The highest BCUT2D eigenvalue weighted by atomic mass is 19.1. The Balaban J connectivity index is 1.76. The third-order valence-corrected chi connectivity index (χ3v) is 9.05. The predicted molar refractivity (Wildman–Crippen MR) is 109 cm³/mol. The van der Waals surface area contributed by atoms with Crippen LogP contribution < -0.4 is 0 Å². The van der Waals surface area contributed by atoms with Gasteiger partial charge in [-0.1, -0.05) is 25.5 Å². The number of halogens is 1. The molecule has 7 heteroatoms. The monoisotopic (exact) mass is 434 g/mol. The van der Waals surface area contributed by atoms with E-state index >= 15 is 4.39 Å². The van der Waals surface area contributed by atoms with Gasteiger partial charge in [0.1, 0.15) is 5.60 Å². The van der Waals surface area contributed by atoms with E-state index < -0.39 is 58.4 Å². The number of ketones is 2. The SMILES string of the molecule is CC(=O)OCC(=O)[C@@]1(O)[C@@H](C)C[C@H]2[C@@H]3CCC4=CC(=O)C=C[C@]4(C)[C@@]3(F)[C@H](O)C[C@@]21C. The Morgan fingerprint density at radius 3 is 2.61 bits per heavy atom. The van der Waals surface area contributed by atoms with Crippen molar-refractivity contribution in [3.05, 3.63) is 23.8 Å². The van der Waals surface area contributed by atoms with Gasteiger partial charge in [-0.3, -0.25) is 14.4 Å². The quantitative estimate of drug-likeness (QED) is 0.662. The van der Waals surface area contributed by atoms with Gasteiger partial charge in [0.2, 0.25) is 5.78 Å². The molecule has 0 aliphatic heterocycles. The lowest BCUT2D eigenvalue weighted by Gasteiger charge is -2.62. The molecular formula is C24H31FO6. The number of fused-ring (bicyclic) bond motifs is 5. The Bertz CT molecular complexity index is 910. The van der Waals surface area contributed by atoms with Crippen LogP contribution in [-0.2, 0) is 19.1 Å².